The Labute approximate surface area is 154 Å². The third-order valence-corrected chi connectivity index (χ3v) is 5.19. The lowest BCUT2D eigenvalue weighted by Gasteiger charge is -2.13. The van der Waals surface area contributed by atoms with Crippen LogP contribution >= 0.6 is 11.3 Å². The summed E-state index contributed by atoms with van der Waals surface area (Å²) in [6, 6.07) is 16.3. The Morgan fingerprint density at radius 2 is 1.96 bits per heavy atom. The fourth-order valence-corrected chi connectivity index (χ4v) is 3.64. The van der Waals surface area contributed by atoms with E-state index < -0.39 is 18.0 Å². The van der Waals surface area contributed by atoms with E-state index in [2.05, 4.69) is 5.32 Å². The van der Waals surface area contributed by atoms with Gasteiger partial charge in [-0.05, 0) is 49.1 Å². The smallest absolute Gasteiger partial charge is 0.349 e. The molecule has 3 aromatic rings. The van der Waals surface area contributed by atoms with Gasteiger partial charge in [0.1, 0.15) is 4.88 Å². The molecule has 3 rings (SSSR count). The molecule has 0 aliphatic rings. The van der Waals surface area contributed by atoms with E-state index in [1.54, 1.807) is 24.3 Å². The quantitative estimate of drug-likeness (QED) is 0.701. The average Bonchev–Trinajstić information content (AvgIpc) is 2.99. The first-order valence-electron chi connectivity index (χ1n) is 7.99. The number of carbonyl (C=O) groups excluding carboxylic acids is 2. The minimum absolute atomic E-state index is 0.438. The molecule has 1 N–H and O–H groups in total. The highest BCUT2D eigenvalue weighted by Crippen LogP contribution is 2.31. The maximum atomic E-state index is 12.5. The predicted molar refractivity (Wildman–Crippen MR) is 101 cm³/mol. The number of benzene rings is 2. The molecule has 0 radical (unpaired) electrons. The molecule has 0 saturated heterocycles. The van der Waals surface area contributed by atoms with Gasteiger partial charge in [0, 0.05) is 10.4 Å². The van der Waals surface area contributed by atoms with E-state index in [1.165, 1.54) is 18.3 Å². The Hall–Kier alpha value is -3.17. The minimum atomic E-state index is -0.960. The van der Waals surface area contributed by atoms with Crippen LogP contribution in [0.15, 0.2) is 48.5 Å². The summed E-state index contributed by atoms with van der Waals surface area (Å²) in [7, 11) is 0. The summed E-state index contributed by atoms with van der Waals surface area (Å²) in [5, 5.41) is 12.6. The van der Waals surface area contributed by atoms with Crippen molar-refractivity contribution in [1.29, 1.82) is 5.26 Å². The lowest BCUT2D eigenvalue weighted by Crippen LogP contribution is -2.29. The van der Waals surface area contributed by atoms with E-state index in [9.17, 15) is 9.59 Å². The van der Waals surface area contributed by atoms with Crippen LogP contribution in [0, 0.1) is 18.3 Å². The molecule has 130 valence electrons. The van der Waals surface area contributed by atoms with E-state index in [-0.39, 0.29) is 0 Å². The van der Waals surface area contributed by atoms with Crippen molar-refractivity contribution in [3.8, 4) is 6.07 Å². The number of rotatable bonds is 4. The van der Waals surface area contributed by atoms with Crippen molar-refractivity contribution >= 4 is 39.0 Å². The Balaban J connectivity index is 1.71. The minimum Gasteiger partial charge on any atom is -0.448 e. The predicted octanol–water partition coefficient (Wildman–Crippen LogP) is 4.27. The lowest BCUT2D eigenvalue weighted by molar-refractivity contribution is -0.123. The van der Waals surface area contributed by atoms with Crippen LogP contribution in [-0.2, 0) is 9.53 Å². The number of aryl methyl sites for hydroxylation is 1. The molecule has 26 heavy (non-hydrogen) atoms. The number of esters is 1. The molecule has 0 unspecified atom stereocenters. The van der Waals surface area contributed by atoms with Gasteiger partial charge in [-0.15, -0.1) is 11.3 Å². The van der Waals surface area contributed by atoms with Gasteiger partial charge < -0.3 is 10.1 Å². The van der Waals surface area contributed by atoms with E-state index in [1.807, 2.05) is 37.3 Å². The second-order valence-corrected chi connectivity index (χ2v) is 6.83. The maximum absolute atomic E-state index is 12.5. The molecular weight excluding hydrogens is 348 g/mol. The number of amides is 1. The standard InChI is InChI=1S/C20H16N2O3S/c1-12-16-8-3-4-9-17(16)26-18(12)20(24)25-13(2)19(23)22-15-7-5-6-14(10-15)11-21/h3-10,13H,1-2H3,(H,22,23)/t13-/m0/s1. The molecule has 5 nitrogen and oxygen atoms in total. The number of nitrogens with zero attached hydrogens (tertiary/aromatic N) is 1. The van der Waals surface area contributed by atoms with E-state index in [0.717, 1.165) is 15.6 Å². The number of hydrogen-bond acceptors (Lipinski definition) is 5. The molecular formula is C20H16N2O3S. The highest BCUT2D eigenvalue weighted by Gasteiger charge is 2.22. The van der Waals surface area contributed by atoms with Crippen LogP contribution in [-0.4, -0.2) is 18.0 Å². The highest BCUT2D eigenvalue weighted by molar-refractivity contribution is 7.21. The van der Waals surface area contributed by atoms with Gasteiger partial charge in [0.2, 0.25) is 0 Å². The molecule has 2 aromatic carbocycles. The first-order chi connectivity index (χ1) is 12.5. The van der Waals surface area contributed by atoms with Crippen molar-refractivity contribution in [2.75, 3.05) is 5.32 Å². The second kappa shape index (κ2) is 7.38. The number of ether oxygens (including phenoxy) is 1. The van der Waals surface area contributed by atoms with E-state index >= 15 is 0 Å². The van der Waals surface area contributed by atoms with Crippen molar-refractivity contribution < 1.29 is 14.3 Å². The van der Waals surface area contributed by atoms with Crippen molar-refractivity contribution in [2.24, 2.45) is 0 Å². The Morgan fingerprint density at radius 1 is 1.19 bits per heavy atom. The lowest BCUT2D eigenvalue weighted by atomic mass is 10.1. The van der Waals surface area contributed by atoms with E-state index in [0.29, 0.717) is 16.1 Å². The molecule has 0 bridgehead atoms. The summed E-state index contributed by atoms with van der Waals surface area (Å²) in [4.78, 5) is 25.2. The maximum Gasteiger partial charge on any atom is 0.349 e. The Morgan fingerprint density at radius 3 is 2.69 bits per heavy atom. The number of anilines is 1. The van der Waals surface area contributed by atoms with Crippen LogP contribution < -0.4 is 5.32 Å². The molecule has 0 aliphatic carbocycles. The number of fused-ring (bicyclic) bond motifs is 1. The number of carbonyl (C=O) groups is 2. The fraction of sp³-hybridized carbons (Fsp3) is 0.150. The largest absolute Gasteiger partial charge is 0.448 e. The number of nitrogens with one attached hydrogen (secondary N) is 1. The number of nitriles is 1. The summed E-state index contributed by atoms with van der Waals surface area (Å²) >= 11 is 1.35. The van der Waals surface area contributed by atoms with Crippen molar-refractivity contribution in [3.63, 3.8) is 0 Å². The van der Waals surface area contributed by atoms with Gasteiger partial charge >= 0.3 is 5.97 Å². The van der Waals surface area contributed by atoms with Crippen LogP contribution in [0.5, 0.6) is 0 Å². The van der Waals surface area contributed by atoms with Crippen LogP contribution in [0.3, 0.4) is 0 Å². The van der Waals surface area contributed by atoms with Crippen LogP contribution in [0.2, 0.25) is 0 Å². The summed E-state index contributed by atoms with van der Waals surface area (Å²) in [6.07, 6.45) is -0.960. The summed E-state index contributed by atoms with van der Waals surface area (Å²) in [5.74, 6) is -0.968. The average molecular weight is 364 g/mol. The fourth-order valence-electron chi connectivity index (χ4n) is 2.55. The van der Waals surface area contributed by atoms with Crippen LogP contribution in [0.4, 0.5) is 5.69 Å². The molecule has 0 aliphatic heterocycles. The zero-order chi connectivity index (χ0) is 18.7. The van der Waals surface area contributed by atoms with Gasteiger partial charge in [0.25, 0.3) is 5.91 Å². The summed E-state index contributed by atoms with van der Waals surface area (Å²) in [6.45, 7) is 3.39. The zero-order valence-electron chi connectivity index (χ0n) is 14.3. The van der Waals surface area contributed by atoms with Crippen molar-refractivity contribution in [1.82, 2.24) is 0 Å². The monoisotopic (exact) mass is 364 g/mol. The first kappa shape index (κ1) is 17.6. The zero-order valence-corrected chi connectivity index (χ0v) is 15.1. The van der Waals surface area contributed by atoms with Gasteiger partial charge in [0.05, 0.1) is 11.6 Å². The third kappa shape index (κ3) is 3.58. The topological polar surface area (TPSA) is 79.2 Å². The van der Waals surface area contributed by atoms with Crippen molar-refractivity contribution in [3.05, 3.63) is 64.5 Å². The molecule has 0 spiro atoms. The highest BCUT2D eigenvalue weighted by atomic mass is 32.1. The molecule has 1 atom stereocenters. The number of hydrogen-bond donors (Lipinski definition) is 1. The van der Waals surface area contributed by atoms with Gasteiger partial charge in [0.15, 0.2) is 6.10 Å². The molecule has 1 aromatic heterocycles. The summed E-state index contributed by atoms with van der Waals surface area (Å²) < 4.78 is 6.33. The molecule has 1 amide bonds. The Kier molecular flexibility index (Phi) is 5.01. The molecule has 0 fully saturated rings. The first-order valence-corrected chi connectivity index (χ1v) is 8.81. The van der Waals surface area contributed by atoms with Gasteiger partial charge in [-0.3, -0.25) is 4.79 Å². The van der Waals surface area contributed by atoms with E-state index in [4.69, 9.17) is 10.00 Å². The van der Waals surface area contributed by atoms with Gasteiger partial charge in [-0.2, -0.15) is 5.26 Å². The normalized spacial score (nSPS) is 11.6. The molecule has 0 saturated carbocycles. The summed E-state index contributed by atoms with van der Waals surface area (Å²) in [5.41, 5.74) is 1.77. The Bertz CT molecular complexity index is 1030. The van der Waals surface area contributed by atoms with Crippen LogP contribution in [0.1, 0.15) is 27.7 Å². The second-order valence-electron chi connectivity index (χ2n) is 5.78. The molecule has 1 heterocycles. The number of thiophene rings is 1. The van der Waals surface area contributed by atoms with Crippen molar-refractivity contribution in [2.45, 2.75) is 20.0 Å². The third-order valence-electron chi connectivity index (χ3n) is 3.94. The van der Waals surface area contributed by atoms with Crippen LogP contribution in [0.25, 0.3) is 10.1 Å². The van der Waals surface area contributed by atoms with Gasteiger partial charge in [-0.25, -0.2) is 4.79 Å². The SMILES string of the molecule is Cc1c(C(=O)O[C@@H](C)C(=O)Nc2cccc(C#N)c2)sc2ccccc12. The molecule has 6 heteroatoms. The van der Waals surface area contributed by atoms with Gasteiger partial charge in [-0.1, -0.05) is 24.3 Å².